The van der Waals surface area contributed by atoms with Gasteiger partial charge in [-0.1, -0.05) is 71.2 Å². The van der Waals surface area contributed by atoms with Crippen LogP contribution in [-0.2, 0) is 17.4 Å². The molecule has 0 spiro atoms. The van der Waals surface area contributed by atoms with Gasteiger partial charge >= 0.3 is 0 Å². The predicted octanol–water partition coefficient (Wildman–Crippen LogP) is 6.64. The summed E-state index contributed by atoms with van der Waals surface area (Å²) in [4.78, 5) is 0. The molecule has 3 rings (SSSR count). The molecule has 1 aliphatic rings. The van der Waals surface area contributed by atoms with E-state index in [1.807, 2.05) is 6.92 Å². The van der Waals surface area contributed by atoms with Crippen LogP contribution in [0.5, 0.6) is 0 Å². The van der Waals surface area contributed by atoms with E-state index in [1.165, 1.54) is 42.5 Å². The van der Waals surface area contributed by atoms with Crippen molar-refractivity contribution in [3.8, 4) is 0 Å². The van der Waals surface area contributed by atoms with Gasteiger partial charge in [-0.2, -0.15) is 0 Å². The molecule has 4 heteroatoms. The number of rotatable bonds is 9. The summed E-state index contributed by atoms with van der Waals surface area (Å²) < 4.78 is 27.1. The molecule has 1 saturated carbocycles. The van der Waals surface area contributed by atoms with Crippen LogP contribution in [0.4, 0.5) is 8.78 Å². The number of hydrogen-bond donors (Lipinski definition) is 2. The average Bonchev–Trinajstić information content (AvgIpc) is 2.77. The van der Waals surface area contributed by atoms with Gasteiger partial charge in [0.1, 0.15) is 11.6 Å². The fourth-order valence-electron chi connectivity index (χ4n) is 4.90. The van der Waals surface area contributed by atoms with Crippen molar-refractivity contribution in [2.45, 2.75) is 89.7 Å². The van der Waals surface area contributed by atoms with Crippen LogP contribution >= 0.6 is 0 Å². The van der Waals surface area contributed by atoms with Gasteiger partial charge in [-0.3, -0.25) is 0 Å². The summed E-state index contributed by atoms with van der Waals surface area (Å²) in [6, 6.07) is 12.5. The molecule has 2 aromatic rings. The normalized spacial score (nSPS) is 18.3. The van der Waals surface area contributed by atoms with Crippen LogP contribution in [0, 0.1) is 17.6 Å². The summed E-state index contributed by atoms with van der Waals surface area (Å²) in [5, 5.41) is 14.6. The highest BCUT2D eigenvalue weighted by Gasteiger charge is 2.35. The number of hydrogen-bond acceptors (Lipinski definition) is 2. The molecular weight excluding hydrogens is 404 g/mol. The van der Waals surface area contributed by atoms with Crippen molar-refractivity contribution < 1.29 is 13.9 Å². The summed E-state index contributed by atoms with van der Waals surface area (Å²) in [6.07, 6.45) is 6.60. The third kappa shape index (κ3) is 5.96. The molecule has 2 nitrogen and oxygen atoms in total. The SMILES string of the molecule is CCC(C)(C)c1cccc(C2(NCC(O)C(C)Cc3cc(F)cc(F)c3)CCCCC2)c1. The second-order valence-electron chi connectivity index (χ2n) is 10.4. The Bertz CT molecular complexity index is 869. The van der Waals surface area contributed by atoms with Gasteiger partial charge in [-0.15, -0.1) is 0 Å². The first kappa shape index (κ1) is 24.9. The van der Waals surface area contributed by atoms with E-state index in [9.17, 15) is 13.9 Å². The molecule has 2 unspecified atom stereocenters. The van der Waals surface area contributed by atoms with E-state index in [-0.39, 0.29) is 16.9 Å². The Morgan fingerprint density at radius 2 is 1.69 bits per heavy atom. The van der Waals surface area contributed by atoms with Gasteiger partial charge in [0.15, 0.2) is 0 Å². The third-order valence-electron chi connectivity index (χ3n) is 7.57. The molecule has 1 fully saturated rings. The molecule has 32 heavy (non-hydrogen) atoms. The molecule has 0 saturated heterocycles. The van der Waals surface area contributed by atoms with Crippen LogP contribution in [0.1, 0.15) is 82.9 Å². The lowest BCUT2D eigenvalue weighted by Gasteiger charge is -2.41. The smallest absolute Gasteiger partial charge is 0.126 e. The van der Waals surface area contributed by atoms with E-state index in [0.29, 0.717) is 18.5 Å². The van der Waals surface area contributed by atoms with Gasteiger partial charge in [-0.05, 0) is 65.8 Å². The van der Waals surface area contributed by atoms with Crippen LogP contribution in [-0.4, -0.2) is 17.8 Å². The van der Waals surface area contributed by atoms with Crippen LogP contribution in [0.25, 0.3) is 0 Å². The maximum atomic E-state index is 13.5. The molecule has 0 aromatic heterocycles. The maximum absolute atomic E-state index is 13.5. The molecule has 2 aromatic carbocycles. The number of benzene rings is 2. The fraction of sp³-hybridized carbons (Fsp3) is 0.571. The first-order valence-corrected chi connectivity index (χ1v) is 12.1. The lowest BCUT2D eigenvalue weighted by molar-refractivity contribution is 0.0946. The molecule has 0 radical (unpaired) electrons. The zero-order chi connectivity index (χ0) is 23.4. The third-order valence-corrected chi connectivity index (χ3v) is 7.57. The van der Waals surface area contributed by atoms with E-state index in [1.54, 1.807) is 0 Å². The van der Waals surface area contributed by atoms with Crippen molar-refractivity contribution in [1.82, 2.24) is 5.32 Å². The molecule has 0 bridgehead atoms. The topological polar surface area (TPSA) is 32.3 Å². The van der Waals surface area contributed by atoms with E-state index >= 15 is 0 Å². The van der Waals surface area contributed by atoms with Crippen molar-refractivity contribution in [1.29, 1.82) is 0 Å². The molecule has 1 aliphatic carbocycles. The second kappa shape index (κ2) is 10.4. The molecule has 2 N–H and O–H groups in total. The molecule has 0 heterocycles. The molecular formula is C28H39F2NO. The van der Waals surface area contributed by atoms with Crippen molar-refractivity contribution in [3.63, 3.8) is 0 Å². The van der Waals surface area contributed by atoms with E-state index in [2.05, 4.69) is 50.4 Å². The highest BCUT2D eigenvalue weighted by atomic mass is 19.1. The van der Waals surface area contributed by atoms with Gasteiger partial charge in [0.2, 0.25) is 0 Å². The minimum atomic E-state index is -0.601. The van der Waals surface area contributed by atoms with Gasteiger partial charge in [0, 0.05) is 18.2 Å². The molecule has 176 valence electrons. The number of aliphatic hydroxyl groups is 1. The minimum Gasteiger partial charge on any atom is -0.392 e. The van der Waals surface area contributed by atoms with Crippen molar-refractivity contribution in [2.24, 2.45) is 5.92 Å². The fourth-order valence-corrected chi connectivity index (χ4v) is 4.90. The molecule has 0 aliphatic heterocycles. The first-order valence-electron chi connectivity index (χ1n) is 12.1. The summed E-state index contributed by atoms with van der Waals surface area (Å²) >= 11 is 0. The molecule has 0 amide bonds. The molecule has 2 atom stereocenters. The van der Waals surface area contributed by atoms with Crippen molar-refractivity contribution in [2.75, 3.05) is 6.54 Å². The van der Waals surface area contributed by atoms with Crippen LogP contribution in [0.3, 0.4) is 0 Å². The van der Waals surface area contributed by atoms with Gasteiger partial charge in [-0.25, -0.2) is 8.78 Å². The Hall–Kier alpha value is -1.78. The van der Waals surface area contributed by atoms with E-state index < -0.39 is 17.7 Å². The Balaban J connectivity index is 1.74. The standard InChI is InChI=1S/C28H39F2NO/c1-5-27(3,4)22-10-9-11-23(17-22)28(12-7-6-8-13-28)31-19-26(32)20(2)14-21-15-24(29)18-25(30)16-21/h9-11,15-18,20,26,31-32H,5-8,12-14,19H2,1-4H3. The van der Waals surface area contributed by atoms with Crippen molar-refractivity contribution in [3.05, 3.63) is 70.8 Å². The Labute approximate surface area is 192 Å². The summed E-state index contributed by atoms with van der Waals surface area (Å²) in [7, 11) is 0. The Morgan fingerprint density at radius 1 is 1.03 bits per heavy atom. The van der Waals surface area contributed by atoms with Gasteiger partial charge in [0.25, 0.3) is 0 Å². The summed E-state index contributed by atoms with van der Waals surface area (Å²) in [5.74, 6) is -1.26. The number of nitrogens with one attached hydrogen (secondary N) is 1. The Morgan fingerprint density at radius 3 is 2.31 bits per heavy atom. The number of halogens is 2. The first-order chi connectivity index (χ1) is 15.1. The number of aliphatic hydroxyl groups excluding tert-OH is 1. The largest absolute Gasteiger partial charge is 0.392 e. The predicted molar refractivity (Wildman–Crippen MR) is 128 cm³/mol. The summed E-state index contributed by atoms with van der Waals surface area (Å²) in [5.41, 5.74) is 3.23. The zero-order valence-electron chi connectivity index (χ0n) is 20.1. The minimum absolute atomic E-state index is 0.116. The lowest BCUT2D eigenvalue weighted by atomic mass is 9.74. The van der Waals surface area contributed by atoms with Gasteiger partial charge in [0.05, 0.1) is 6.10 Å². The second-order valence-corrected chi connectivity index (χ2v) is 10.4. The Kier molecular flexibility index (Phi) is 8.11. The highest BCUT2D eigenvalue weighted by Crippen LogP contribution is 2.39. The van der Waals surface area contributed by atoms with Crippen LogP contribution < -0.4 is 5.32 Å². The van der Waals surface area contributed by atoms with E-state index in [4.69, 9.17) is 0 Å². The summed E-state index contributed by atoms with van der Waals surface area (Å²) in [6.45, 7) is 9.19. The lowest BCUT2D eigenvalue weighted by Crippen LogP contribution is -2.48. The zero-order valence-corrected chi connectivity index (χ0v) is 20.1. The maximum Gasteiger partial charge on any atom is 0.126 e. The van der Waals surface area contributed by atoms with Crippen LogP contribution in [0.15, 0.2) is 42.5 Å². The van der Waals surface area contributed by atoms with Gasteiger partial charge < -0.3 is 10.4 Å². The quantitative estimate of drug-likeness (QED) is 0.455. The van der Waals surface area contributed by atoms with Crippen LogP contribution in [0.2, 0.25) is 0 Å². The monoisotopic (exact) mass is 443 g/mol. The van der Waals surface area contributed by atoms with Crippen molar-refractivity contribution >= 4 is 0 Å². The van der Waals surface area contributed by atoms with E-state index in [0.717, 1.165) is 25.3 Å². The average molecular weight is 444 g/mol. The highest BCUT2D eigenvalue weighted by molar-refractivity contribution is 5.34.